The Kier molecular flexibility index (Phi) is 7.65. The van der Waals surface area contributed by atoms with E-state index >= 15 is 4.39 Å². The molecule has 2 aromatic heterocycles. The monoisotopic (exact) mass is 615 g/mol. The summed E-state index contributed by atoms with van der Waals surface area (Å²) in [5.41, 5.74) is 3.72. The molecule has 5 aromatic rings. The molecule has 5 rings (SSSR count). The zero-order valence-electron chi connectivity index (χ0n) is 23.3. The van der Waals surface area contributed by atoms with E-state index in [0.717, 1.165) is 35.7 Å². The number of nitrogens with zero attached hydrogens (tertiary/aromatic N) is 3. The lowest BCUT2D eigenvalue weighted by Gasteiger charge is -2.14. The molecule has 43 heavy (non-hydrogen) atoms. The number of aromatic nitrogens is 3. The van der Waals surface area contributed by atoms with Crippen molar-refractivity contribution in [3.8, 4) is 45.1 Å². The van der Waals surface area contributed by atoms with Gasteiger partial charge in [0.15, 0.2) is 21.5 Å². The fraction of sp³-hybridized carbons (Fsp3) is 0.200. The number of hydrogen-bond acceptors (Lipinski definition) is 7. The summed E-state index contributed by atoms with van der Waals surface area (Å²) in [5.74, 6) is -0.775. The van der Waals surface area contributed by atoms with Crippen molar-refractivity contribution in [1.82, 2.24) is 14.8 Å². The van der Waals surface area contributed by atoms with Crippen LogP contribution in [0.5, 0.6) is 5.75 Å². The van der Waals surface area contributed by atoms with Crippen LogP contribution in [0.2, 0.25) is 0 Å². The van der Waals surface area contributed by atoms with Gasteiger partial charge in [0.05, 0.1) is 22.9 Å². The van der Waals surface area contributed by atoms with E-state index in [-0.39, 0.29) is 27.7 Å². The largest absolute Gasteiger partial charge is 0.573 e. The first-order valence-electron chi connectivity index (χ1n) is 12.8. The van der Waals surface area contributed by atoms with Crippen molar-refractivity contribution >= 4 is 9.84 Å². The van der Waals surface area contributed by atoms with Gasteiger partial charge in [0, 0.05) is 36.1 Å². The van der Waals surface area contributed by atoms with Crippen LogP contribution in [-0.2, 0) is 16.4 Å². The lowest BCUT2D eigenvalue weighted by Crippen LogP contribution is -2.16. The summed E-state index contributed by atoms with van der Waals surface area (Å²) in [5, 5.41) is 14.2. The maximum Gasteiger partial charge on any atom is 0.573 e. The average molecular weight is 616 g/mol. The molecular weight excluding hydrogens is 590 g/mol. The summed E-state index contributed by atoms with van der Waals surface area (Å²) in [6.45, 7) is 4.54. The van der Waals surface area contributed by atoms with Gasteiger partial charge in [0.1, 0.15) is 17.3 Å². The second-order valence-corrected chi connectivity index (χ2v) is 11.9. The molecular formula is C30H25F4N3O5S. The summed E-state index contributed by atoms with van der Waals surface area (Å²) in [6.07, 6.45) is -2.12. The van der Waals surface area contributed by atoms with Crippen LogP contribution in [0.4, 0.5) is 17.6 Å². The molecule has 0 radical (unpaired) electrons. The average Bonchev–Trinajstić information content (AvgIpc) is 3.48. The van der Waals surface area contributed by atoms with Crippen LogP contribution >= 0.6 is 0 Å². The van der Waals surface area contributed by atoms with Crippen molar-refractivity contribution < 1.29 is 40.2 Å². The number of benzene rings is 3. The normalized spacial score (nSPS) is 12.1. The minimum absolute atomic E-state index is 0.224. The zero-order valence-corrected chi connectivity index (χ0v) is 24.1. The number of rotatable bonds is 7. The standard InChI is InChI=1S/C30H25F4N3O5S/c1-16-14-37(36-17(16)2)26-10-7-20(21-12-25(31)24(15-38)27(13-21)43(4,39)40)11-23(26)29-28(35-18(3)41-29)19-5-8-22(9-6-19)42-30(32,33)34/h5-14,38H,15H2,1-4H3. The van der Waals surface area contributed by atoms with Gasteiger partial charge in [-0.15, -0.1) is 13.2 Å². The number of alkyl halides is 3. The first kappa shape index (κ1) is 30.0. The first-order valence-corrected chi connectivity index (χ1v) is 14.7. The molecule has 0 saturated heterocycles. The van der Waals surface area contributed by atoms with Crippen LogP contribution in [0, 0.1) is 26.6 Å². The molecule has 0 aliphatic rings. The predicted molar refractivity (Wildman–Crippen MR) is 150 cm³/mol. The van der Waals surface area contributed by atoms with Gasteiger partial charge in [0.25, 0.3) is 0 Å². The van der Waals surface area contributed by atoms with Crippen molar-refractivity contribution in [1.29, 1.82) is 0 Å². The van der Waals surface area contributed by atoms with E-state index in [2.05, 4.69) is 14.8 Å². The van der Waals surface area contributed by atoms with Crippen LogP contribution in [-0.4, -0.2) is 40.9 Å². The maximum absolute atomic E-state index is 15.0. The molecule has 0 fully saturated rings. The van der Waals surface area contributed by atoms with Gasteiger partial charge >= 0.3 is 6.36 Å². The van der Waals surface area contributed by atoms with E-state index in [1.54, 1.807) is 36.0 Å². The molecule has 0 aliphatic heterocycles. The molecule has 0 aliphatic carbocycles. The minimum Gasteiger partial charge on any atom is -0.440 e. The highest BCUT2D eigenvalue weighted by Gasteiger charge is 2.31. The quantitative estimate of drug-likeness (QED) is 0.203. The highest BCUT2D eigenvalue weighted by Crippen LogP contribution is 2.40. The summed E-state index contributed by atoms with van der Waals surface area (Å²) in [4.78, 5) is 4.14. The molecule has 0 unspecified atom stereocenters. The highest BCUT2D eigenvalue weighted by molar-refractivity contribution is 7.90. The number of oxazole rings is 1. The van der Waals surface area contributed by atoms with Crippen molar-refractivity contribution in [3.63, 3.8) is 0 Å². The van der Waals surface area contributed by atoms with Crippen LogP contribution < -0.4 is 4.74 Å². The summed E-state index contributed by atoms with van der Waals surface area (Å²) < 4.78 is 89.6. The van der Waals surface area contributed by atoms with Crippen molar-refractivity contribution in [2.24, 2.45) is 0 Å². The molecule has 3 aromatic carbocycles. The van der Waals surface area contributed by atoms with Crippen molar-refractivity contribution in [2.45, 2.75) is 38.6 Å². The molecule has 0 atom stereocenters. The molecule has 0 bridgehead atoms. The number of aryl methyl sites for hydroxylation is 3. The Balaban J connectivity index is 1.72. The fourth-order valence-electron chi connectivity index (χ4n) is 4.65. The molecule has 1 N–H and O–H groups in total. The number of sulfone groups is 1. The van der Waals surface area contributed by atoms with Crippen LogP contribution in [0.1, 0.15) is 22.7 Å². The van der Waals surface area contributed by atoms with Crippen LogP contribution in [0.15, 0.2) is 70.1 Å². The third-order valence-corrected chi connectivity index (χ3v) is 7.94. The van der Waals surface area contributed by atoms with Gasteiger partial charge in [0.2, 0.25) is 0 Å². The fourth-order valence-corrected chi connectivity index (χ4v) is 5.60. The van der Waals surface area contributed by atoms with Gasteiger partial charge < -0.3 is 14.3 Å². The molecule has 8 nitrogen and oxygen atoms in total. The van der Waals surface area contributed by atoms with E-state index in [9.17, 15) is 26.7 Å². The number of ether oxygens (including phenoxy) is 1. The summed E-state index contributed by atoms with van der Waals surface area (Å²) in [6, 6.07) is 12.6. The number of aliphatic hydroxyl groups excluding tert-OH is 1. The van der Waals surface area contributed by atoms with E-state index < -0.39 is 34.4 Å². The van der Waals surface area contributed by atoms with E-state index in [0.29, 0.717) is 28.1 Å². The lowest BCUT2D eigenvalue weighted by atomic mass is 9.97. The Bertz CT molecular complexity index is 1930. The van der Waals surface area contributed by atoms with Gasteiger partial charge in [-0.05, 0) is 79.1 Å². The second-order valence-electron chi connectivity index (χ2n) is 9.92. The number of hydrogen-bond donors (Lipinski definition) is 1. The minimum atomic E-state index is -4.85. The maximum atomic E-state index is 15.0. The second kappa shape index (κ2) is 11.0. The lowest BCUT2D eigenvalue weighted by molar-refractivity contribution is -0.274. The molecule has 0 amide bonds. The smallest absolute Gasteiger partial charge is 0.440 e. The third kappa shape index (κ3) is 6.18. The number of halogens is 4. The summed E-state index contributed by atoms with van der Waals surface area (Å²) >= 11 is 0. The van der Waals surface area contributed by atoms with E-state index in [1.807, 2.05) is 13.8 Å². The molecule has 13 heteroatoms. The third-order valence-electron chi connectivity index (χ3n) is 6.77. The Hall–Kier alpha value is -4.49. The molecule has 0 spiro atoms. The molecule has 224 valence electrons. The Morgan fingerprint density at radius 1 is 0.977 bits per heavy atom. The number of aliphatic hydroxyl groups is 1. The van der Waals surface area contributed by atoms with Gasteiger partial charge in [-0.3, -0.25) is 0 Å². The zero-order chi connectivity index (χ0) is 31.3. The topological polar surface area (TPSA) is 107 Å². The van der Waals surface area contributed by atoms with Crippen LogP contribution in [0.25, 0.3) is 39.4 Å². The first-order chi connectivity index (χ1) is 20.1. The Morgan fingerprint density at radius 2 is 1.65 bits per heavy atom. The Labute approximate surface area is 244 Å². The predicted octanol–water partition coefficient (Wildman–Crippen LogP) is 6.72. The molecule has 2 heterocycles. The van der Waals surface area contributed by atoms with E-state index in [4.69, 9.17) is 4.42 Å². The summed E-state index contributed by atoms with van der Waals surface area (Å²) in [7, 11) is -3.89. The van der Waals surface area contributed by atoms with Gasteiger partial charge in [-0.25, -0.2) is 22.5 Å². The van der Waals surface area contributed by atoms with Crippen molar-refractivity contribution in [3.05, 3.63) is 89.3 Å². The highest BCUT2D eigenvalue weighted by atomic mass is 32.2. The SMILES string of the molecule is Cc1nc(-c2ccc(OC(F)(F)F)cc2)c(-c2cc(-c3cc(F)c(CO)c(S(C)(=O)=O)c3)ccc2-n2cc(C)c(C)n2)o1. The van der Waals surface area contributed by atoms with E-state index in [1.165, 1.54) is 18.2 Å². The molecule has 0 saturated carbocycles. The van der Waals surface area contributed by atoms with Crippen LogP contribution in [0.3, 0.4) is 0 Å². The Morgan fingerprint density at radius 3 is 2.23 bits per heavy atom. The van der Waals surface area contributed by atoms with Gasteiger partial charge in [-0.1, -0.05) is 6.07 Å². The van der Waals surface area contributed by atoms with Gasteiger partial charge in [-0.2, -0.15) is 5.10 Å². The van der Waals surface area contributed by atoms with Crippen molar-refractivity contribution in [2.75, 3.05) is 6.26 Å².